The number of carbonyl (C=O) groups excluding carboxylic acids is 3. The summed E-state index contributed by atoms with van der Waals surface area (Å²) >= 11 is 0. The molecular formula is C20H21N3O3. The van der Waals surface area contributed by atoms with Crippen molar-refractivity contribution in [2.45, 2.75) is 32.2 Å². The minimum absolute atomic E-state index is 0.103. The second-order valence-electron chi connectivity index (χ2n) is 6.65. The van der Waals surface area contributed by atoms with Crippen molar-refractivity contribution in [3.05, 3.63) is 65.2 Å². The molecule has 26 heavy (non-hydrogen) atoms. The number of nitrogens with one attached hydrogen (secondary N) is 3. The average molecular weight is 351 g/mol. The predicted molar refractivity (Wildman–Crippen MR) is 98.6 cm³/mol. The predicted octanol–water partition coefficient (Wildman–Crippen LogP) is 2.62. The molecule has 1 heterocycles. The molecule has 134 valence electrons. The number of anilines is 1. The fourth-order valence-corrected chi connectivity index (χ4v) is 3.00. The van der Waals surface area contributed by atoms with Gasteiger partial charge in [0.1, 0.15) is 5.54 Å². The van der Waals surface area contributed by atoms with Gasteiger partial charge in [-0.3, -0.25) is 14.9 Å². The van der Waals surface area contributed by atoms with E-state index in [0.717, 1.165) is 5.56 Å². The number of carbonyl (C=O) groups is 3. The lowest BCUT2D eigenvalue weighted by Gasteiger charge is -2.21. The molecule has 2 aromatic rings. The molecule has 2 aromatic carbocycles. The van der Waals surface area contributed by atoms with Crippen molar-refractivity contribution >= 4 is 23.5 Å². The zero-order valence-corrected chi connectivity index (χ0v) is 14.8. The van der Waals surface area contributed by atoms with E-state index in [9.17, 15) is 14.4 Å². The van der Waals surface area contributed by atoms with Crippen LogP contribution in [0.15, 0.2) is 48.5 Å². The maximum absolute atomic E-state index is 12.2. The first-order chi connectivity index (χ1) is 12.4. The summed E-state index contributed by atoms with van der Waals surface area (Å²) in [7, 11) is 0. The Morgan fingerprint density at radius 2 is 1.88 bits per heavy atom. The van der Waals surface area contributed by atoms with Crippen LogP contribution in [0.5, 0.6) is 0 Å². The van der Waals surface area contributed by atoms with E-state index >= 15 is 0 Å². The highest BCUT2D eigenvalue weighted by Gasteiger charge is 2.43. The number of imide groups is 1. The molecule has 0 bridgehead atoms. The van der Waals surface area contributed by atoms with Gasteiger partial charge >= 0.3 is 6.03 Å². The number of hydrogen-bond acceptors (Lipinski definition) is 3. The zero-order chi connectivity index (χ0) is 18.7. The summed E-state index contributed by atoms with van der Waals surface area (Å²) in [6.07, 6.45) is 1.02. The van der Waals surface area contributed by atoms with Crippen LogP contribution in [0.3, 0.4) is 0 Å². The summed E-state index contributed by atoms with van der Waals surface area (Å²) < 4.78 is 0. The highest BCUT2D eigenvalue weighted by Crippen LogP contribution is 2.26. The molecular weight excluding hydrogens is 330 g/mol. The molecule has 1 fully saturated rings. The number of rotatable bonds is 5. The molecule has 3 rings (SSSR count). The summed E-state index contributed by atoms with van der Waals surface area (Å²) in [4.78, 5) is 35.7. The molecule has 0 spiro atoms. The van der Waals surface area contributed by atoms with Crippen LogP contribution >= 0.6 is 0 Å². The van der Waals surface area contributed by atoms with Crippen molar-refractivity contribution in [2.75, 3.05) is 5.32 Å². The molecule has 3 N–H and O–H groups in total. The van der Waals surface area contributed by atoms with Gasteiger partial charge in [-0.15, -0.1) is 0 Å². The standard InChI is InChI=1S/C20H21N3O3/c1-13-5-3-6-14(11-13)9-10-17(24)21-16-8-4-7-15(12-16)20(2)18(25)22-19(26)23-20/h3-8,11-12H,9-10H2,1-2H3,(H,21,24)(H2,22,23,25,26). The fraction of sp³-hybridized carbons (Fsp3) is 0.250. The van der Waals surface area contributed by atoms with E-state index in [4.69, 9.17) is 0 Å². The minimum atomic E-state index is -1.14. The quantitative estimate of drug-likeness (QED) is 0.724. The third-order valence-electron chi connectivity index (χ3n) is 4.49. The number of urea groups is 1. The Labute approximate surface area is 152 Å². The Kier molecular flexibility index (Phi) is 4.75. The highest BCUT2D eigenvalue weighted by atomic mass is 16.2. The Morgan fingerprint density at radius 3 is 2.58 bits per heavy atom. The largest absolute Gasteiger partial charge is 0.326 e. The summed E-state index contributed by atoms with van der Waals surface area (Å²) in [5.41, 5.74) is 2.34. The van der Waals surface area contributed by atoms with Gasteiger partial charge in [0.2, 0.25) is 5.91 Å². The van der Waals surface area contributed by atoms with E-state index < -0.39 is 17.5 Å². The molecule has 1 aliphatic rings. The van der Waals surface area contributed by atoms with Gasteiger partial charge < -0.3 is 10.6 Å². The number of aryl methyl sites for hydroxylation is 2. The lowest BCUT2D eigenvalue weighted by molar-refractivity contribution is -0.123. The molecule has 0 aliphatic carbocycles. The Bertz CT molecular complexity index is 878. The van der Waals surface area contributed by atoms with Gasteiger partial charge in [-0.1, -0.05) is 42.0 Å². The number of amides is 4. The molecule has 1 aliphatic heterocycles. The first-order valence-electron chi connectivity index (χ1n) is 8.46. The summed E-state index contributed by atoms with van der Waals surface area (Å²) in [5.74, 6) is -0.515. The molecule has 1 atom stereocenters. The zero-order valence-electron chi connectivity index (χ0n) is 14.8. The van der Waals surface area contributed by atoms with E-state index in [2.05, 4.69) is 22.0 Å². The van der Waals surface area contributed by atoms with E-state index in [1.54, 1.807) is 31.2 Å². The normalized spacial score (nSPS) is 19.0. The van der Waals surface area contributed by atoms with Crippen LogP contribution in [0.4, 0.5) is 10.5 Å². The van der Waals surface area contributed by atoms with Crippen LogP contribution in [0.2, 0.25) is 0 Å². The van der Waals surface area contributed by atoms with Crippen molar-refractivity contribution in [3.63, 3.8) is 0 Å². The van der Waals surface area contributed by atoms with Crippen LogP contribution in [0, 0.1) is 6.92 Å². The first kappa shape index (κ1) is 17.7. The first-order valence-corrected chi connectivity index (χ1v) is 8.46. The lowest BCUT2D eigenvalue weighted by Crippen LogP contribution is -2.40. The van der Waals surface area contributed by atoms with Gasteiger partial charge in [-0.25, -0.2) is 4.79 Å². The maximum Gasteiger partial charge on any atom is 0.322 e. The maximum atomic E-state index is 12.2. The van der Waals surface area contributed by atoms with Gasteiger partial charge in [0.25, 0.3) is 5.91 Å². The average Bonchev–Trinajstić information content (AvgIpc) is 2.86. The summed E-state index contributed by atoms with van der Waals surface area (Å²) in [5, 5.41) is 7.70. The molecule has 0 radical (unpaired) electrons. The van der Waals surface area contributed by atoms with Gasteiger partial charge in [-0.2, -0.15) is 0 Å². The third-order valence-corrected chi connectivity index (χ3v) is 4.49. The van der Waals surface area contributed by atoms with E-state index in [1.807, 2.05) is 25.1 Å². The van der Waals surface area contributed by atoms with Crippen LogP contribution in [0.1, 0.15) is 30.0 Å². The van der Waals surface area contributed by atoms with E-state index in [-0.39, 0.29) is 5.91 Å². The lowest BCUT2D eigenvalue weighted by atomic mass is 9.92. The van der Waals surface area contributed by atoms with Gasteiger partial charge in [0.15, 0.2) is 0 Å². The van der Waals surface area contributed by atoms with Crippen LogP contribution in [-0.2, 0) is 21.5 Å². The molecule has 6 nitrogen and oxygen atoms in total. The highest BCUT2D eigenvalue weighted by molar-refractivity contribution is 6.07. The summed E-state index contributed by atoms with van der Waals surface area (Å²) in [6.45, 7) is 3.65. The number of hydrogen-bond donors (Lipinski definition) is 3. The molecule has 1 saturated heterocycles. The second kappa shape index (κ2) is 7.00. The summed E-state index contributed by atoms with van der Waals surface area (Å²) in [6, 6.07) is 14.5. The van der Waals surface area contributed by atoms with E-state index in [1.165, 1.54) is 5.56 Å². The van der Waals surface area contributed by atoms with Gasteiger partial charge in [0.05, 0.1) is 0 Å². The van der Waals surface area contributed by atoms with Crippen molar-refractivity contribution in [1.29, 1.82) is 0 Å². The topological polar surface area (TPSA) is 87.3 Å². The second-order valence-corrected chi connectivity index (χ2v) is 6.65. The van der Waals surface area contributed by atoms with Gasteiger partial charge in [-0.05, 0) is 43.5 Å². The van der Waals surface area contributed by atoms with Crippen LogP contribution < -0.4 is 16.0 Å². The Balaban J connectivity index is 1.66. The minimum Gasteiger partial charge on any atom is -0.326 e. The Hall–Kier alpha value is -3.15. The molecule has 0 aromatic heterocycles. The molecule has 0 saturated carbocycles. The smallest absolute Gasteiger partial charge is 0.322 e. The number of benzene rings is 2. The monoisotopic (exact) mass is 351 g/mol. The SMILES string of the molecule is Cc1cccc(CCC(=O)Nc2cccc(C3(C)NC(=O)NC3=O)c2)c1. The van der Waals surface area contributed by atoms with Crippen molar-refractivity contribution in [2.24, 2.45) is 0 Å². The van der Waals surface area contributed by atoms with Gasteiger partial charge in [0, 0.05) is 12.1 Å². The van der Waals surface area contributed by atoms with Crippen molar-refractivity contribution in [1.82, 2.24) is 10.6 Å². The Morgan fingerprint density at radius 1 is 1.12 bits per heavy atom. The molecule has 4 amide bonds. The fourth-order valence-electron chi connectivity index (χ4n) is 3.00. The van der Waals surface area contributed by atoms with E-state index in [0.29, 0.717) is 24.1 Å². The van der Waals surface area contributed by atoms with Crippen LogP contribution in [-0.4, -0.2) is 17.8 Å². The molecule has 6 heteroatoms. The van der Waals surface area contributed by atoms with Crippen molar-refractivity contribution < 1.29 is 14.4 Å². The molecule has 1 unspecified atom stereocenters. The van der Waals surface area contributed by atoms with Crippen molar-refractivity contribution in [3.8, 4) is 0 Å². The third kappa shape index (κ3) is 3.74. The van der Waals surface area contributed by atoms with Crippen LogP contribution in [0.25, 0.3) is 0 Å².